The number of halogens is 1. The van der Waals surface area contributed by atoms with Crippen LogP contribution in [-0.4, -0.2) is 23.5 Å². The second kappa shape index (κ2) is 6.70. The van der Waals surface area contributed by atoms with E-state index in [1.165, 1.54) is 0 Å². The standard InChI is InChI=1S/C14H18BrNO3/c1-3-14(2,13(18)19)9-16-12(17)8-10-4-6-11(15)7-5-10/h4-7H,3,8-9H2,1-2H3,(H,16,17)(H,18,19). The molecule has 1 atom stereocenters. The van der Waals surface area contributed by atoms with E-state index in [4.69, 9.17) is 5.11 Å². The number of nitrogens with one attached hydrogen (secondary N) is 1. The minimum absolute atomic E-state index is 0.147. The van der Waals surface area contributed by atoms with E-state index in [1.54, 1.807) is 13.8 Å². The van der Waals surface area contributed by atoms with Gasteiger partial charge in [-0.25, -0.2) is 0 Å². The van der Waals surface area contributed by atoms with Gasteiger partial charge >= 0.3 is 5.97 Å². The molecule has 0 aliphatic carbocycles. The molecular formula is C14H18BrNO3. The van der Waals surface area contributed by atoms with Gasteiger partial charge in [0.15, 0.2) is 0 Å². The Kier molecular flexibility index (Phi) is 5.54. The van der Waals surface area contributed by atoms with Gasteiger partial charge in [0.25, 0.3) is 0 Å². The molecule has 104 valence electrons. The van der Waals surface area contributed by atoms with Gasteiger partial charge in [0.2, 0.25) is 5.91 Å². The predicted molar refractivity (Wildman–Crippen MR) is 76.9 cm³/mol. The highest BCUT2D eigenvalue weighted by molar-refractivity contribution is 9.10. The second-order valence-corrected chi connectivity index (χ2v) is 5.72. The Labute approximate surface area is 121 Å². The van der Waals surface area contributed by atoms with Crippen molar-refractivity contribution in [3.63, 3.8) is 0 Å². The van der Waals surface area contributed by atoms with Crippen molar-refractivity contribution in [2.45, 2.75) is 26.7 Å². The summed E-state index contributed by atoms with van der Waals surface area (Å²) in [5.41, 5.74) is -0.00993. The van der Waals surface area contributed by atoms with Crippen molar-refractivity contribution >= 4 is 27.8 Å². The van der Waals surface area contributed by atoms with Crippen molar-refractivity contribution in [1.29, 1.82) is 0 Å². The summed E-state index contributed by atoms with van der Waals surface area (Å²) in [4.78, 5) is 22.9. The first-order valence-electron chi connectivity index (χ1n) is 6.12. The molecule has 0 saturated carbocycles. The molecule has 1 aromatic rings. The fourth-order valence-corrected chi connectivity index (χ4v) is 1.76. The van der Waals surface area contributed by atoms with E-state index in [1.807, 2.05) is 24.3 Å². The van der Waals surface area contributed by atoms with Crippen molar-refractivity contribution in [2.24, 2.45) is 5.41 Å². The minimum atomic E-state index is -0.907. The Balaban J connectivity index is 2.52. The molecule has 19 heavy (non-hydrogen) atoms. The molecular weight excluding hydrogens is 310 g/mol. The number of amides is 1. The fourth-order valence-electron chi connectivity index (χ4n) is 1.50. The number of benzene rings is 1. The Morgan fingerprint density at radius 1 is 1.32 bits per heavy atom. The molecule has 2 N–H and O–H groups in total. The lowest BCUT2D eigenvalue weighted by molar-refractivity contribution is -0.148. The Morgan fingerprint density at radius 3 is 2.37 bits per heavy atom. The Morgan fingerprint density at radius 2 is 1.89 bits per heavy atom. The summed E-state index contributed by atoms with van der Waals surface area (Å²) in [5, 5.41) is 11.8. The molecule has 1 aromatic carbocycles. The van der Waals surface area contributed by atoms with Crippen molar-refractivity contribution in [3.05, 3.63) is 34.3 Å². The van der Waals surface area contributed by atoms with E-state index in [2.05, 4.69) is 21.2 Å². The molecule has 0 fully saturated rings. The zero-order valence-corrected chi connectivity index (χ0v) is 12.7. The molecule has 0 aromatic heterocycles. The first-order chi connectivity index (χ1) is 8.87. The summed E-state index contributed by atoms with van der Waals surface area (Å²) in [7, 11) is 0. The van der Waals surface area contributed by atoms with Gasteiger partial charge in [0, 0.05) is 11.0 Å². The SMILES string of the molecule is CCC(C)(CNC(=O)Cc1ccc(Br)cc1)C(=O)O. The van der Waals surface area contributed by atoms with Crippen LogP contribution in [0.1, 0.15) is 25.8 Å². The van der Waals surface area contributed by atoms with E-state index in [9.17, 15) is 9.59 Å². The van der Waals surface area contributed by atoms with Crippen LogP contribution in [-0.2, 0) is 16.0 Å². The molecule has 0 aliphatic heterocycles. The maximum Gasteiger partial charge on any atom is 0.311 e. The quantitative estimate of drug-likeness (QED) is 0.844. The number of aliphatic carboxylic acids is 1. The Bertz CT molecular complexity index is 458. The van der Waals surface area contributed by atoms with E-state index >= 15 is 0 Å². The maximum atomic E-state index is 11.8. The summed E-state index contributed by atoms with van der Waals surface area (Å²) in [6.45, 7) is 3.58. The highest BCUT2D eigenvalue weighted by Gasteiger charge is 2.31. The van der Waals surface area contributed by atoms with Crippen molar-refractivity contribution in [1.82, 2.24) is 5.32 Å². The third-order valence-corrected chi connectivity index (χ3v) is 3.78. The average molecular weight is 328 g/mol. The summed E-state index contributed by atoms with van der Waals surface area (Å²) in [5.74, 6) is -1.05. The molecule has 1 amide bonds. The third-order valence-electron chi connectivity index (χ3n) is 3.25. The minimum Gasteiger partial charge on any atom is -0.481 e. The number of carboxylic acid groups (broad SMARTS) is 1. The van der Waals surface area contributed by atoms with Crippen LogP contribution < -0.4 is 5.32 Å². The number of carboxylic acids is 1. The monoisotopic (exact) mass is 327 g/mol. The average Bonchev–Trinajstić information content (AvgIpc) is 2.38. The summed E-state index contributed by atoms with van der Waals surface area (Å²) >= 11 is 3.33. The lowest BCUT2D eigenvalue weighted by Gasteiger charge is -2.23. The van der Waals surface area contributed by atoms with Crippen LogP contribution in [0.3, 0.4) is 0 Å². The van der Waals surface area contributed by atoms with Crippen LogP contribution in [0.15, 0.2) is 28.7 Å². The molecule has 0 saturated heterocycles. The predicted octanol–water partition coefficient (Wildman–Crippen LogP) is 2.61. The lowest BCUT2D eigenvalue weighted by atomic mass is 9.87. The highest BCUT2D eigenvalue weighted by Crippen LogP contribution is 2.20. The number of carbonyl (C=O) groups is 2. The van der Waals surface area contributed by atoms with E-state index < -0.39 is 11.4 Å². The van der Waals surface area contributed by atoms with Crippen LogP contribution in [0.5, 0.6) is 0 Å². The molecule has 1 rings (SSSR count). The van der Waals surface area contributed by atoms with Gasteiger partial charge in [-0.2, -0.15) is 0 Å². The van der Waals surface area contributed by atoms with Gasteiger partial charge in [-0.1, -0.05) is 35.0 Å². The zero-order chi connectivity index (χ0) is 14.5. The summed E-state index contributed by atoms with van der Waals surface area (Å²) < 4.78 is 0.959. The number of carbonyl (C=O) groups excluding carboxylic acids is 1. The third kappa shape index (κ3) is 4.67. The van der Waals surface area contributed by atoms with Gasteiger partial charge in [-0.3, -0.25) is 9.59 Å². The second-order valence-electron chi connectivity index (χ2n) is 4.80. The van der Waals surface area contributed by atoms with Crippen LogP contribution in [0.2, 0.25) is 0 Å². The van der Waals surface area contributed by atoms with Gasteiger partial charge in [0.1, 0.15) is 0 Å². The summed E-state index contributed by atoms with van der Waals surface area (Å²) in [6.07, 6.45) is 0.730. The van der Waals surface area contributed by atoms with Crippen LogP contribution in [0.4, 0.5) is 0 Å². The van der Waals surface area contributed by atoms with Crippen molar-refractivity contribution < 1.29 is 14.7 Å². The molecule has 5 heteroatoms. The zero-order valence-electron chi connectivity index (χ0n) is 11.1. The maximum absolute atomic E-state index is 11.8. The smallest absolute Gasteiger partial charge is 0.311 e. The molecule has 0 spiro atoms. The first-order valence-corrected chi connectivity index (χ1v) is 6.91. The van der Waals surface area contributed by atoms with Gasteiger partial charge in [-0.15, -0.1) is 0 Å². The largest absolute Gasteiger partial charge is 0.481 e. The van der Waals surface area contributed by atoms with Gasteiger partial charge < -0.3 is 10.4 Å². The first kappa shape index (κ1) is 15.7. The van der Waals surface area contributed by atoms with E-state index in [0.29, 0.717) is 6.42 Å². The van der Waals surface area contributed by atoms with Crippen LogP contribution in [0.25, 0.3) is 0 Å². The fraction of sp³-hybridized carbons (Fsp3) is 0.429. The summed E-state index contributed by atoms with van der Waals surface area (Å²) in [6, 6.07) is 7.46. The lowest BCUT2D eigenvalue weighted by Crippen LogP contribution is -2.41. The number of hydrogen-bond donors (Lipinski definition) is 2. The molecule has 0 bridgehead atoms. The van der Waals surface area contributed by atoms with E-state index in [-0.39, 0.29) is 18.9 Å². The van der Waals surface area contributed by atoms with Crippen molar-refractivity contribution in [3.8, 4) is 0 Å². The normalized spacial score (nSPS) is 13.6. The Hall–Kier alpha value is -1.36. The van der Waals surface area contributed by atoms with Crippen LogP contribution >= 0.6 is 15.9 Å². The van der Waals surface area contributed by atoms with Gasteiger partial charge in [-0.05, 0) is 31.0 Å². The molecule has 0 aliphatic rings. The number of rotatable bonds is 6. The topological polar surface area (TPSA) is 66.4 Å². The molecule has 1 unspecified atom stereocenters. The van der Waals surface area contributed by atoms with Crippen LogP contribution in [0, 0.1) is 5.41 Å². The van der Waals surface area contributed by atoms with Gasteiger partial charge in [0.05, 0.1) is 11.8 Å². The van der Waals surface area contributed by atoms with Crippen molar-refractivity contribution in [2.75, 3.05) is 6.54 Å². The molecule has 0 heterocycles. The highest BCUT2D eigenvalue weighted by atomic mass is 79.9. The molecule has 0 radical (unpaired) electrons. The molecule has 4 nitrogen and oxygen atoms in total. The number of hydrogen-bond acceptors (Lipinski definition) is 2. The van der Waals surface area contributed by atoms with E-state index in [0.717, 1.165) is 10.0 Å².